The van der Waals surface area contributed by atoms with E-state index in [0.717, 1.165) is 18.7 Å². The first-order chi connectivity index (χ1) is 10.1. The number of hydrogen-bond acceptors (Lipinski definition) is 5. The summed E-state index contributed by atoms with van der Waals surface area (Å²) in [4.78, 5) is 21.8. The first-order valence-electron chi connectivity index (χ1n) is 6.59. The number of carbonyl (C=O) groups is 1. The number of rotatable bonds is 7. The van der Waals surface area contributed by atoms with E-state index in [1.54, 1.807) is 23.2 Å². The maximum Gasteiger partial charge on any atom is 0.239 e. The van der Waals surface area contributed by atoms with E-state index in [2.05, 4.69) is 25.5 Å². The number of aromatic amines is 1. The third-order valence-corrected chi connectivity index (χ3v) is 3.08. The molecule has 2 aromatic heterocycles. The minimum absolute atomic E-state index is 0.0492. The standard InChI is InChI=1S/C13H17ClN6O/c1-20(12-5-4-10(14)7-16-12)8-13(21)15-6-2-3-11-17-9-18-19-11/h4-5,7,9H,2-3,6,8H2,1H3,(H,15,21)(H,17,18,19). The van der Waals surface area contributed by atoms with Crippen molar-refractivity contribution in [2.24, 2.45) is 0 Å². The van der Waals surface area contributed by atoms with Gasteiger partial charge in [-0.2, -0.15) is 5.10 Å². The fourth-order valence-electron chi connectivity index (χ4n) is 1.78. The second kappa shape index (κ2) is 7.58. The highest BCUT2D eigenvalue weighted by atomic mass is 35.5. The molecular weight excluding hydrogens is 292 g/mol. The molecule has 0 bridgehead atoms. The quantitative estimate of drug-likeness (QED) is 0.746. The van der Waals surface area contributed by atoms with Crippen LogP contribution in [-0.2, 0) is 11.2 Å². The molecule has 2 heterocycles. The molecule has 1 amide bonds. The number of aryl methyl sites for hydroxylation is 1. The summed E-state index contributed by atoms with van der Waals surface area (Å²) >= 11 is 5.78. The van der Waals surface area contributed by atoms with Crippen molar-refractivity contribution in [3.8, 4) is 0 Å². The molecule has 8 heteroatoms. The van der Waals surface area contributed by atoms with Crippen molar-refractivity contribution < 1.29 is 4.79 Å². The van der Waals surface area contributed by atoms with Gasteiger partial charge in [0.1, 0.15) is 18.0 Å². The Hall–Kier alpha value is -2.15. The number of halogens is 1. The Morgan fingerprint density at radius 2 is 2.29 bits per heavy atom. The van der Waals surface area contributed by atoms with Crippen LogP contribution in [0.1, 0.15) is 12.2 Å². The van der Waals surface area contributed by atoms with Gasteiger partial charge in [0.05, 0.1) is 11.6 Å². The Balaban J connectivity index is 1.67. The molecule has 0 aromatic carbocycles. The normalized spacial score (nSPS) is 10.4. The van der Waals surface area contributed by atoms with Gasteiger partial charge in [0.25, 0.3) is 0 Å². The number of nitrogens with one attached hydrogen (secondary N) is 2. The Morgan fingerprint density at radius 3 is 2.95 bits per heavy atom. The van der Waals surface area contributed by atoms with Crippen molar-refractivity contribution >= 4 is 23.3 Å². The van der Waals surface area contributed by atoms with Crippen molar-refractivity contribution in [1.82, 2.24) is 25.5 Å². The molecule has 0 aliphatic carbocycles. The van der Waals surface area contributed by atoms with E-state index in [9.17, 15) is 4.79 Å². The van der Waals surface area contributed by atoms with E-state index in [4.69, 9.17) is 11.6 Å². The molecule has 0 radical (unpaired) electrons. The molecule has 0 aliphatic rings. The lowest BCUT2D eigenvalue weighted by molar-refractivity contribution is -0.119. The third-order valence-electron chi connectivity index (χ3n) is 2.86. The molecule has 2 N–H and O–H groups in total. The van der Waals surface area contributed by atoms with Gasteiger partial charge in [-0.05, 0) is 18.6 Å². The first-order valence-corrected chi connectivity index (χ1v) is 6.96. The lowest BCUT2D eigenvalue weighted by Crippen LogP contribution is -2.36. The number of amides is 1. The minimum Gasteiger partial charge on any atom is -0.355 e. The van der Waals surface area contributed by atoms with Crippen LogP contribution < -0.4 is 10.2 Å². The van der Waals surface area contributed by atoms with Crippen LogP contribution in [-0.4, -0.2) is 46.2 Å². The lowest BCUT2D eigenvalue weighted by Gasteiger charge is -2.17. The highest BCUT2D eigenvalue weighted by Crippen LogP contribution is 2.12. The van der Waals surface area contributed by atoms with Crippen LogP contribution in [0.4, 0.5) is 5.82 Å². The highest BCUT2D eigenvalue weighted by Gasteiger charge is 2.08. The Morgan fingerprint density at radius 1 is 1.43 bits per heavy atom. The largest absolute Gasteiger partial charge is 0.355 e. The molecule has 21 heavy (non-hydrogen) atoms. The van der Waals surface area contributed by atoms with Crippen LogP contribution in [0.5, 0.6) is 0 Å². The smallest absolute Gasteiger partial charge is 0.239 e. The van der Waals surface area contributed by atoms with Crippen molar-refractivity contribution in [1.29, 1.82) is 0 Å². The van der Waals surface area contributed by atoms with Gasteiger partial charge in [-0.3, -0.25) is 9.89 Å². The van der Waals surface area contributed by atoms with E-state index in [1.165, 1.54) is 6.33 Å². The average Bonchev–Trinajstić information content (AvgIpc) is 2.97. The van der Waals surface area contributed by atoms with Crippen molar-refractivity contribution in [2.45, 2.75) is 12.8 Å². The number of nitrogens with zero attached hydrogens (tertiary/aromatic N) is 4. The molecule has 0 unspecified atom stereocenters. The summed E-state index contributed by atoms with van der Waals surface area (Å²) in [6, 6.07) is 3.52. The molecular formula is C13H17ClN6O. The van der Waals surface area contributed by atoms with E-state index < -0.39 is 0 Å². The monoisotopic (exact) mass is 308 g/mol. The maximum absolute atomic E-state index is 11.8. The predicted octanol–water partition coefficient (Wildman–Crippen LogP) is 1.04. The number of hydrogen-bond donors (Lipinski definition) is 2. The van der Waals surface area contributed by atoms with E-state index >= 15 is 0 Å². The average molecular weight is 309 g/mol. The SMILES string of the molecule is CN(CC(=O)NCCCc1ncn[nH]1)c1ccc(Cl)cn1. The molecule has 0 saturated carbocycles. The van der Waals surface area contributed by atoms with Gasteiger partial charge >= 0.3 is 0 Å². The van der Waals surface area contributed by atoms with Gasteiger partial charge in [0.2, 0.25) is 5.91 Å². The topological polar surface area (TPSA) is 86.8 Å². The van der Waals surface area contributed by atoms with Crippen LogP contribution in [0.15, 0.2) is 24.7 Å². The number of pyridine rings is 1. The van der Waals surface area contributed by atoms with E-state index in [1.807, 2.05) is 7.05 Å². The van der Waals surface area contributed by atoms with Crippen LogP contribution in [0.25, 0.3) is 0 Å². The lowest BCUT2D eigenvalue weighted by atomic mass is 10.3. The van der Waals surface area contributed by atoms with Gasteiger partial charge in [0.15, 0.2) is 0 Å². The predicted molar refractivity (Wildman–Crippen MR) is 80.2 cm³/mol. The number of carbonyl (C=O) groups excluding carboxylic acids is 1. The zero-order chi connectivity index (χ0) is 15.1. The van der Waals surface area contributed by atoms with Gasteiger partial charge in [-0.25, -0.2) is 9.97 Å². The second-order valence-corrected chi connectivity index (χ2v) is 5.01. The maximum atomic E-state index is 11.8. The zero-order valence-electron chi connectivity index (χ0n) is 11.7. The molecule has 0 fully saturated rings. The van der Waals surface area contributed by atoms with E-state index in [0.29, 0.717) is 17.4 Å². The molecule has 112 valence electrons. The molecule has 2 rings (SSSR count). The van der Waals surface area contributed by atoms with Crippen molar-refractivity contribution in [3.63, 3.8) is 0 Å². The number of H-pyrrole nitrogens is 1. The summed E-state index contributed by atoms with van der Waals surface area (Å²) in [7, 11) is 1.81. The molecule has 0 saturated heterocycles. The van der Waals surface area contributed by atoms with Gasteiger partial charge in [-0.15, -0.1) is 0 Å². The van der Waals surface area contributed by atoms with Gasteiger partial charge in [-0.1, -0.05) is 11.6 Å². The third kappa shape index (κ3) is 5.03. The van der Waals surface area contributed by atoms with Crippen LogP contribution in [0, 0.1) is 0 Å². The fraction of sp³-hybridized carbons (Fsp3) is 0.385. The summed E-state index contributed by atoms with van der Waals surface area (Å²) in [6.45, 7) is 0.846. The highest BCUT2D eigenvalue weighted by molar-refractivity contribution is 6.30. The Bertz CT molecular complexity index is 557. The summed E-state index contributed by atoms with van der Waals surface area (Å²) in [5.74, 6) is 1.48. The first kappa shape index (κ1) is 15.2. The summed E-state index contributed by atoms with van der Waals surface area (Å²) in [5, 5.41) is 9.98. The van der Waals surface area contributed by atoms with Crippen LogP contribution in [0.2, 0.25) is 5.02 Å². The van der Waals surface area contributed by atoms with Gasteiger partial charge < -0.3 is 10.2 Å². The van der Waals surface area contributed by atoms with Crippen molar-refractivity contribution in [2.75, 3.05) is 25.0 Å². The Kier molecular flexibility index (Phi) is 5.51. The van der Waals surface area contributed by atoms with Gasteiger partial charge in [0, 0.05) is 26.2 Å². The minimum atomic E-state index is -0.0492. The molecule has 0 spiro atoms. The van der Waals surface area contributed by atoms with Crippen molar-refractivity contribution in [3.05, 3.63) is 35.5 Å². The molecule has 0 atom stereocenters. The summed E-state index contributed by atoms with van der Waals surface area (Å²) < 4.78 is 0. The second-order valence-electron chi connectivity index (χ2n) is 4.58. The molecule has 7 nitrogen and oxygen atoms in total. The number of aromatic nitrogens is 4. The Labute approximate surface area is 127 Å². The summed E-state index contributed by atoms with van der Waals surface area (Å²) in [5.41, 5.74) is 0. The van der Waals surface area contributed by atoms with E-state index in [-0.39, 0.29) is 12.5 Å². The number of likely N-dealkylation sites (N-methyl/N-ethyl adjacent to an activating group) is 1. The summed E-state index contributed by atoms with van der Waals surface area (Å²) in [6.07, 6.45) is 4.60. The fourth-order valence-corrected chi connectivity index (χ4v) is 1.89. The van der Waals surface area contributed by atoms with Crippen LogP contribution >= 0.6 is 11.6 Å². The zero-order valence-corrected chi connectivity index (χ0v) is 12.5. The molecule has 2 aromatic rings. The molecule has 0 aliphatic heterocycles. The number of anilines is 1. The van der Waals surface area contributed by atoms with Crippen LogP contribution in [0.3, 0.4) is 0 Å².